The van der Waals surface area contributed by atoms with Crippen LogP contribution in [0.25, 0.3) is 0 Å². The normalized spacial score (nSPS) is 22.4. The van der Waals surface area contributed by atoms with Crippen LogP contribution in [0.5, 0.6) is 5.88 Å². The van der Waals surface area contributed by atoms with Gasteiger partial charge in [-0.05, 0) is 75.5 Å². The van der Waals surface area contributed by atoms with Gasteiger partial charge >= 0.3 is 0 Å². The summed E-state index contributed by atoms with van der Waals surface area (Å²) < 4.78 is 5.53. The first-order chi connectivity index (χ1) is 14.8. The second kappa shape index (κ2) is 8.91. The monoisotopic (exact) mass is 441 g/mol. The van der Waals surface area contributed by atoms with Gasteiger partial charge in [0.15, 0.2) is 0 Å². The SMILES string of the molecule is COc1nc(C)cc(C)c1CN1CCc2sc([C@H](C)C3CCC(N)CC3)c(C)c2C1=O. The van der Waals surface area contributed by atoms with Gasteiger partial charge in [0.05, 0.1) is 19.2 Å². The van der Waals surface area contributed by atoms with Crippen molar-refractivity contribution in [3.05, 3.63) is 43.8 Å². The molecular weight excluding hydrogens is 406 g/mol. The fraction of sp³-hybridized carbons (Fsp3) is 0.600. The number of ether oxygens (including phenoxy) is 1. The van der Waals surface area contributed by atoms with E-state index in [0.717, 1.165) is 48.2 Å². The van der Waals surface area contributed by atoms with Crippen LogP contribution in [0.4, 0.5) is 0 Å². The largest absolute Gasteiger partial charge is 0.481 e. The summed E-state index contributed by atoms with van der Waals surface area (Å²) in [5, 5.41) is 0. The van der Waals surface area contributed by atoms with Gasteiger partial charge in [-0.25, -0.2) is 4.98 Å². The minimum Gasteiger partial charge on any atom is -0.481 e. The van der Waals surface area contributed by atoms with Gasteiger partial charge < -0.3 is 15.4 Å². The van der Waals surface area contributed by atoms with Crippen molar-refractivity contribution >= 4 is 17.2 Å². The summed E-state index contributed by atoms with van der Waals surface area (Å²) in [5.74, 6) is 1.95. The predicted molar refractivity (Wildman–Crippen MR) is 126 cm³/mol. The topological polar surface area (TPSA) is 68.4 Å². The zero-order valence-corrected chi connectivity index (χ0v) is 20.3. The van der Waals surface area contributed by atoms with Gasteiger partial charge in [0, 0.05) is 40.0 Å². The van der Waals surface area contributed by atoms with Gasteiger partial charge in [-0.3, -0.25) is 4.79 Å². The van der Waals surface area contributed by atoms with E-state index >= 15 is 0 Å². The van der Waals surface area contributed by atoms with E-state index in [1.165, 1.54) is 28.2 Å². The van der Waals surface area contributed by atoms with Gasteiger partial charge in [-0.15, -0.1) is 11.3 Å². The van der Waals surface area contributed by atoms with Crippen molar-refractivity contribution in [2.24, 2.45) is 11.7 Å². The van der Waals surface area contributed by atoms with Crippen LogP contribution < -0.4 is 10.5 Å². The average Bonchev–Trinajstić information content (AvgIpc) is 3.08. The Bertz CT molecular complexity index is 976. The molecular formula is C25H35N3O2S. The smallest absolute Gasteiger partial charge is 0.255 e. The van der Waals surface area contributed by atoms with Crippen LogP contribution in [-0.2, 0) is 13.0 Å². The third-order valence-electron chi connectivity index (χ3n) is 7.28. The van der Waals surface area contributed by atoms with Crippen molar-refractivity contribution in [1.82, 2.24) is 9.88 Å². The summed E-state index contributed by atoms with van der Waals surface area (Å²) in [6.07, 6.45) is 5.57. The first-order valence-electron chi connectivity index (χ1n) is 11.5. The molecule has 0 spiro atoms. The molecule has 4 rings (SSSR count). The number of nitrogens with zero attached hydrogens (tertiary/aromatic N) is 2. The Morgan fingerprint density at radius 2 is 1.97 bits per heavy atom. The Morgan fingerprint density at radius 3 is 2.65 bits per heavy atom. The standard InChI is InChI=1S/C25H35N3O2S/c1-14-12-15(2)27-24(30-5)20(14)13-28-11-10-21-22(25(28)29)17(4)23(31-21)16(3)18-6-8-19(26)9-7-18/h12,16,18-19H,6-11,13,26H2,1-5H3/t16-,18?,19?/m1/s1. The molecule has 1 fully saturated rings. The zero-order chi connectivity index (χ0) is 22.3. The molecule has 2 aliphatic rings. The molecule has 1 aliphatic carbocycles. The number of aryl methyl sites for hydroxylation is 2. The molecule has 1 atom stereocenters. The van der Waals surface area contributed by atoms with E-state index in [-0.39, 0.29) is 5.91 Å². The van der Waals surface area contributed by atoms with Crippen LogP contribution in [0.1, 0.15) is 81.0 Å². The lowest BCUT2D eigenvalue weighted by molar-refractivity contribution is 0.0726. The molecule has 0 saturated heterocycles. The number of methoxy groups -OCH3 is 1. The molecule has 1 amide bonds. The van der Waals surface area contributed by atoms with Crippen LogP contribution in [0.2, 0.25) is 0 Å². The summed E-state index contributed by atoms with van der Waals surface area (Å²) in [5.41, 5.74) is 11.3. The van der Waals surface area contributed by atoms with E-state index in [1.54, 1.807) is 7.11 Å². The maximum absolute atomic E-state index is 13.5. The number of hydrogen-bond acceptors (Lipinski definition) is 5. The van der Waals surface area contributed by atoms with Crippen molar-refractivity contribution in [2.75, 3.05) is 13.7 Å². The molecule has 6 heteroatoms. The van der Waals surface area contributed by atoms with E-state index in [1.807, 2.05) is 23.2 Å². The van der Waals surface area contributed by atoms with Gasteiger partial charge in [0.1, 0.15) is 0 Å². The Labute approximate surface area is 190 Å². The number of nitrogens with two attached hydrogens (primary N) is 1. The molecule has 1 aliphatic heterocycles. The second-order valence-corrected chi connectivity index (χ2v) is 10.5. The van der Waals surface area contributed by atoms with E-state index in [0.29, 0.717) is 30.3 Å². The number of carbonyl (C=O) groups excluding carboxylic acids is 1. The van der Waals surface area contributed by atoms with Crippen LogP contribution in [-0.4, -0.2) is 35.5 Å². The lowest BCUT2D eigenvalue weighted by atomic mass is 9.78. The van der Waals surface area contributed by atoms with Crippen molar-refractivity contribution < 1.29 is 9.53 Å². The maximum atomic E-state index is 13.5. The number of aromatic nitrogens is 1. The second-order valence-electron chi connectivity index (χ2n) is 9.40. The summed E-state index contributed by atoms with van der Waals surface area (Å²) >= 11 is 1.87. The van der Waals surface area contributed by atoms with E-state index in [4.69, 9.17) is 10.5 Å². The fourth-order valence-corrected chi connectivity index (χ4v) is 6.80. The number of hydrogen-bond donors (Lipinski definition) is 1. The number of amides is 1. The molecule has 31 heavy (non-hydrogen) atoms. The van der Waals surface area contributed by atoms with E-state index in [9.17, 15) is 4.79 Å². The molecule has 0 aromatic carbocycles. The number of thiophene rings is 1. The summed E-state index contributed by atoms with van der Waals surface area (Å²) in [4.78, 5) is 22.7. The van der Waals surface area contributed by atoms with Crippen LogP contribution in [0.3, 0.4) is 0 Å². The number of fused-ring (bicyclic) bond motifs is 1. The Balaban J connectivity index is 1.57. The van der Waals surface area contributed by atoms with E-state index in [2.05, 4.69) is 31.8 Å². The lowest BCUT2D eigenvalue weighted by Gasteiger charge is -2.30. The fourth-order valence-electron chi connectivity index (χ4n) is 5.37. The minimum atomic E-state index is 0.154. The molecule has 1 saturated carbocycles. The molecule has 2 aromatic heterocycles. The third-order valence-corrected chi connectivity index (χ3v) is 8.84. The number of carbonyl (C=O) groups is 1. The molecule has 2 aromatic rings. The Kier molecular flexibility index (Phi) is 6.40. The number of rotatable bonds is 5. The number of pyridine rings is 1. The highest BCUT2D eigenvalue weighted by atomic mass is 32.1. The van der Waals surface area contributed by atoms with Crippen molar-refractivity contribution in [3.63, 3.8) is 0 Å². The zero-order valence-electron chi connectivity index (χ0n) is 19.5. The predicted octanol–water partition coefficient (Wildman–Crippen LogP) is 4.90. The molecule has 3 heterocycles. The Morgan fingerprint density at radius 1 is 1.26 bits per heavy atom. The first kappa shape index (κ1) is 22.3. The van der Waals surface area contributed by atoms with Crippen LogP contribution >= 0.6 is 11.3 Å². The summed E-state index contributed by atoms with van der Waals surface area (Å²) in [6, 6.07) is 2.43. The molecule has 168 valence electrons. The highest BCUT2D eigenvalue weighted by molar-refractivity contribution is 7.12. The van der Waals surface area contributed by atoms with Gasteiger partial charge in [-0.1, -0.05) is 6.92 Å². The van der Waals surface area contributed by atoms with Crippen LogP contribution in [0, 0.1) is 26.7 Å². The van der Waals surface area contributed by atoms with Crippen molar-refractivity contribution in [1.29, 1.82) is 0 Å². The molecule has 2 N–H and O–H groups in total. The van der Waals surface area contributed by atoms with Crippen LogP contribution in [0.15, 0.2) is 6.07 Å². The van der Waals surface area contributed by atoms with Crippen molar-refractivity contribution in [3.8, 4) is 5.88 Å². The third kappa shape index (κ3) is 4.24. The highest BCUT2D eigenvalue weighted by Crippen LogP contribution is 2.43. The first-order valence-corrected chi connectivity index (χ1v) is 12.3. The maximum Gasteiger partial charge on any atom is 0.255 e. The molecule has 0 unspecified atom stereocenters. The minimum absolute atomic E-state index is 0.154. The van der Waals surface area contributed by atoms with E-state index < -0.39 is 0 Å². The molecule has 0 radical (unpaired) electrons. The molecule has 5 nitrogen and oxygen atoms in total. The summed E-state index contributed by atoms with van der Waals surface area (Å²) in [7, 11) is 1.65. The Hall–Kier alpha value is -1.92. The van der Waals surface area contributed by atoms with Crippen molar-refractivity contribution in [2.45, 2.75) is 78.3 Å². The van der Waals surface area contributed by atoms with Gasteiger partial charge in [-0.2, -0.15) is 0 Å². The molecule has 0 bridgehead atoms. The van der Waals surface area contributed by atoms with Gasteiger partial charge in [0.25, 0.3) is 5.91 Å². The average molecular weight is 442 g/mol. The van der Waals surface area contributed by atoms with Gasteiger partial charge in [0.2, 0.25) is 5.88 Å². The summed E-state index contributed by atoms with van der Waals surface area (Å²) in [6.45, 7) is 9.82. The highest BCUT2D eigenvalue weighted by Gasteiger charge is 2.34. The quantitative estimate of drug-likeness (QED) is 0.717. The lowest BCUT2D eigenvalue weighted by Crippen LogP contribution is -2.37.